The van der Waals surface area contributed by atoms with Gasteiger partial charge in [-0.2, -0.15) is 0 Å². The summed E-state index contributed by atoms with van der Waals surface area (Å²) in [5, 5.41) is 2.98. The number of anilines is 1. The minimum atomic E-state index is -0.0155. The van der Waals surface area contributed by atoms with Gasteiger partial charge in [-0.25, -0.2) is 9.97 Å². The van der Waals surface area contributed by atoms with Crippen LogP contribution in [-0.2, 0) is 16.1 Å². The lowest BCUT2D eigenvalue weighted by molar-refractivity contribution is -0.134. The fourth-order valence-electron chi connectivity index (χ4n) is 3.95. The first-order chi connectivity index (χ1) is 14.1. The first-order valence-electron chi connectivity index (χ1n) is 10.1. The number of rotatable bonds is 6. The van der Waals surface area contributed by atoms with Gasteiger partial charge in [0.1, 0.15) is 5.82 Å². The molecule has 3 heterocycles. The lowest BCUT2D eigenvalue weighted by atomic mass is 9.94. The molecule has 1 atom stereocenters. The van der Waals surface area contributed by atoms with E-state index in [0.29, 0.717) is 25.9 Å². The summed E-state index contributed by atoms with van der Waals surface area (Å²) in [6.45, 7) is 3.96. The Bertz CT molecular complexity index is 994. The standard InChI is InChI=1S/C21H26N6O2/c1-15-23-18-5-4-17(12-19(18)24-15)25-20(28)11-16-3-2-8-27(13-16)21(29)6-9-26-10-7-22-14-26/h4-5,7,10,12,14,16H,2-3,6,8-9,11,13H2,1H3,(H,23,24)(H,25,28). The number of imidazole rings is 2. The Labute approximate surface area is 169 Å². The molecule has 2 amide bonds. The van der Waals surface area contributed by atoms with E-state index in [0.717, 1.165) is 41.9 Å². The van der Waals surface area contributed by atoms with Gasteiger partial charge in [-0.15, -0.1) is 0 Å². The summed E-state index contributed by atoms with van der Waals surface area (Å²) in [6, 6.07) is 5.67. The van der Waals surface area contributed by atoms with Gasteiger partial charge >= 0.3 is 0 Å². The maximum absolute atomic E-state index is 12.5. The van der Waals surface area contributed by atoms with Crippen molar-refractivity contribution in [2.75, 3.05) is 18.4 Å². The van der Waals surface area contributed by atoms with E-state index in [1.807, 2.05) is 40.8 Å². The number of benzene rings is 1. The number of fused-ring (bicyclic) bond motifs is 1. The van der Waals surface area contributed by atoms with E-state index in [1.165, 1.54) is 0 Å². The number of nitrogens with one attached hydrogen (secondary N) is 2. The van der Waals surface area contributed by atoms with E-state index in [9.17, 15) is 9.59 Å². The zero-order chi connectivity index (χ0) is 20.2. The molecule has 3 aromatic rings. The Hall–Kier alpha value is -3.16. The lowest BCUT2D eigenvalue weighted by Gasteiger charge is -2.32. The van der Waals surface area contributed by atoms with Gasteiger partial charge in [0.2, 0.25) is 11.8 Å². The molecule has 0 radical (unpaired) electrons. The number of carbonyl (C=O) groups excluding carboxylic acids is 2. The van der Waals surface area contributed by atoms with Crippen LogP contribution in [-0.4, -0.2) is 49.3 Å². The quantitative estimate of drug-likeness (QED) is 0.672. The van der Waals surface area contributed by atoms with Gasteiger partial charge in [-0.1, -0.05) is 0 Å². The number of nitrogens with zero attached hydrogens (tertiary/aromatic N) is 4. The first-order valence-corrected chi connectivity index (χ1v) is 10.1. The number of piperidine rings is 1. The zero-order valence-corrected chi connectivity index (χ0v) is 16.6. The van der Waals surface area contributed by atoms with Crippen LogP contribution in [0, 0.1) is 12.8 Å². The van der Waals surface area contributed by atoms with Crippen molar-refractivity contribution >= 4 is 28.5 Å². The summed E-state index contributed by atoms with van der Waals surface area (Å²) in [4.78, 5) is 38.5. The van der Waals surface area contributed by atoms with Crippen molar-refractivity contribution < 1.29 is 9.59 Å². The molecule has 1 aliphatic heterocycles. The Balaban J connectivity index is 1.28. The van der Waals surface area contributed by atoms with Crippen LogP contribution in [0.3, 0.4) is 0 Å². The molecule has 4 rings (SSSR count). The average molecular weight is 394 g/mol. The Morgan fingerprint density at radius 2 is 2.24 bits per heavy atom. The molecule has 2 aromatic heterocycles. The van der Waals surface area contributed by atoms with Gasteiger partial charge in [-0.05, 0) is 43.9 Å². The highest BCUT2D eigenvalue weighted by atomic mass is 16.2. The molecule has 2 N–H and O–H groups in total. The number of carbonyl (C=O) groups is 2. The predicted octanol–water partition coefficient (Wildman–Crippen LogP) is 2.73. The summed E-state index contributed by atoms with van der Waals surface area (Å²) in [5.74, 6) is 1.17. The summed E-state index contributed by atoms with van der Waals surface area (Å²) < 4.78 is 1.91. The van der Waals surface area contributed by atoms with Crippen molar-refractivity contribution in [1.82, 2.24) is 24.4 Å². The molecule has 152 valence electrons. The minimum Gasteiger partial charge on any atom is -0.342 e. The van der Waals surface area contributed by atoms with Crippen LogP contribution in [0.2, 0.25) is 0 Å². The van der Waals surface area contributed by atoms with E-state index in [1.54, 1.807) is 12.5 Å². The largest absolute Gasteiger partial charge is 0.342 e. The molecule has 1 unspecified atom stereocenters. The van der Waals surface area contributed by atoms with Crippen molar-refractivity contribution in [3.63, 3.8) is 0 Å². The Kier molecular flexibility index (Phi) is 5.59. The topological polar surface area (TPSA) is 95.9 Å². The molecular formula is C21H26N6O2. The second-order valence-corrected chi connectivity index (χ2v) is 7.70. The van der Waals surface area contributed by atoms with Gasteiger partial charge in [0, 0.05) is 50.6 Å². The third-order valence-corrected chi connectivity index (χ3v) is 5.37. The fraction of sp³-hybridized carbons (Fsp3) is 0.429. The minimum absolute atomic E-state index is 0.0155. The lowest BCUT2D eigenvalue weighted by Crippen LogP contribution is -2.41. The van der Waals surface area contributed by atoms with Crippen molar-refractivity contribution in [2.24, 2.45) is 5.92 Å². The number of aryl methyl sites for hydroxylation is 2. The molecule has 1 fully saturated rings. The third-order valence-electron chi connectivity index (χ3n) is 5.37. The van der Waals surface area contributed by atoms with Gasteiger partial charge in [0.05, 0.1) is 17.4 Å². The zero-order valence-electron chi connectivity index (χ0n) is 16.6. The van der Waals surface area contributed by atoms with Crippen LogP contribution < -0.4 is 5.32 Å². The molecule has 0 spiro atoms. The number of hydrogen-bond donors (Lipinski definition) is 2. The number of hydrogen-bond acceptors (Lipinski definition) is 4. The van der Waals surface area contributed by atoms with E-state index >= 15 is 0 Å². The highest BCUT2D eigenvalue weighted by Crippen LogP contribution is 2.22. The van der Waals surface area contributed by atoms with Crippen LogP contribution in [0.4, 0.5) is 5.69 Å². The summed E-state index contributed by atoms with van der Waals surface area (Å²) in [6.07, 6.45) is 8.08. The number of aromatic nitrogens is 4. The van der Waals surface area contributed by atoms with Gasteiger partial charge in [0.15, 0.2) is 0 Å². The molecule has 0 saturated carbocycles. The molecule has 1 saturated heterocycles. The third kappa shape index (κ3) is 4.82. The van der Waals surface area contributed by atoms with Crippen LogP contribution in [0.25, 0.3) is 11.0 Å². The van der Waals surface area contributed by atoms with Crippen molar-refractivity contribution in [1.29, 1.82) is 0 Å². The fourth-order valence-corrected chi connectivity index (χ4v) is 3.95. The van der Waals surface area contributed by atoms with Crippen molar-refractivity contribution in [2.45, 2.75) is 39.2 Å². The molecule has 1 aromatic carbocycles. The summed E-state index contributed by atoms with van der Waals surface area (Å²) in [5.41, 5.74) is 2.56. The normalized spacial score (nSPS) is 16.9. The molecular weight excluding hydrogens is 368 g/mol. The SMILES string of the molecule is Cc1nc2ccc(NC(=O)CC3CCCN(C(=O)CCn4ccnc4)C3)cc2[nH]1. The van der Waals surface area contributed by atoms with E-state index in [4.69, 9.17) is 0 Å². The number of likely N-dealkylation sites (tertiary alicyclic amines) is 1. The maximum atomic E-state index is 12.5. The van der Waals surface area contributed by atoms with Crippen LogP contribution >= 0.6 is 0 Å². The van der Waals surface area contributed by atoms with Crippen molar-refractivity contribution in [3.8, 4) is 0 Å². The number of H-pyrrole nitrogens is 1. The van der Waals surface area contributed by atoms with E-state index in [-0.39, 0.29) is 17.7 Å². The highest BCUT2D eigenvalue weighted by Gasteiger charge is 2.25. The van der Waals surface area contributed by atoms with Gasteiger partial charge in [0.25, 0.3) is 0 Å². The van der Waals surface area contributed by atoms with E-state index in [2.05, 4.69) is 20.3 Å². The van der Waals surface area contributed by atoms with Crippen molar-refractivity contribution in [3.05, 3.63) is 42.7 Å². The van der Waals surface area contributed by atoms with E-state index < -0.39 is 0 Å². The summed E-state index contributed by atoms with van der Waals surface area (Å²) in [7, 11) is 0. The second kappa shape index (κ2) is 8.46. The Morgan fingerprint density at radius 1 is 1.34 bits per heavy atom. The molecule has 0 aliphatic carbocycles. The monoisotopic (exact) mass is 394 g/mol. The summed E-state index contributed by atoms with van der Waals surface area (Å²) >= 11 is 0. The molecule has 1 aliphatic rings. The molecule has 0 bridgehead atoms. The first kappa shape index (κ1) is 19.2. The van der Waals surface area contributed by atoms with Gasteiger partial charge < -0.3 is 19.8 Å². The average Bonchev–Trinajstić information content (AvgIpc) is 3.34. The van der Waals surface area contributed by atoms with Crippen LogP contribution in [0.15, 0.2) is 36.9 Å². The number of amides is 2. The maximum Gasteiger partial charge on any atom is 0.224 e. The number of aromatic amines is 1. The second-order valence-electron chi connectivity index (χ2n) is 7.70. The van der Waals surface area contributed by atoms with Crippen LogP contribution in [0.5, 0.6) is 0 Å². The highest BCUT2D eigenvalue weighted by molar-refractivity contribution is 5.93. The van der Waals surface area contributed by atoms with Gasteiger partial charge in [-0.3, -0.25) is 9.59 Å². The predicted molar refractivity (Wildman–Crippen MR) is 110 cm³/mol. The Morgan fingerprint density at radius 3 is 3.07 bits per heavy atom. The molecule has 8 nitrogen and oxygen atoms in total. The smallest absolute Gasteiger partial charge is 0.224 e. The van der Waals surface area contributed by atoms with Crippen LogP contribution in [0.1, 0.15) is 31.5 Å². The molecule has 8 heteroatoms. The molecule has 29 heavy (non-hydrogen) atoms.